The van der Waals surface area contributed by atoms with Crippen molar-refractivity contribution in [1.82, 2.24) is 20.0 Å². The van der Waals surface area contributed by atoms with Crippen LogP contribution < -0.4 is 10.1 Å². The summed E-state index contributed by atoms with van der Waals surface area (Å²) in [6.07, 6.45) is 0.784. The molecule has 0 saturated carbocycles. The van der Waals surface area contributed by atoms with E-state index in [2.05, 4.69) is 17.3 Å². The third kappa shape index (κ3) is 3.62. The third-order valence-electron chi connectivity index (χ3n) is 4.90. The summed E-state index contributed by atoms with van der Waals surface area (Å²) < 4.78 is 7.70. The van der Waals surface area contributed by atoms with E-state index in [1.807, 2.05) is 54.7 Å². The van der Waals surface area contributed by atoms with Crippen molar-refractivity contribution < 1.29 is 9.53 Å². The number of carbonyl (C=O) groups excluding carboxylic acids is 1. The lowest BCUT2D eigenvalue weighted by atomic mass is 10.1. The number of ether oxygens (including phenoxy) is 1. The molecule has 134 valence electrons. The number of hydrogen-bond acceptors (Lipinski definition) is 3. The van der Waals surface area contributed by atoms with E-state index in [-0.39, 0.29) is 12.1 Å². The van der Waals surface area contributed by atoms with Gasteiger partial charge in [0, 0.05) is 24.8 Å². The minimum atomic E-state index is -0.0491. The zero-order valence-electron chi connectivity index (χ0n) is 15.4. The first-order valence-corrected chi connectivity index (χ1v) is 8.71. The first kappa shape index (κ1) is 17.3. The Hall–Kier alpha value is -2.50. The molecule has 6 heteroatoms. The van der Waals surface area contributed by atoms with Crippen LogP contribution in [0.15, 0.2) is 24.3 Å². The molecule has 1 N–H and O–H groups in total. The van der Waals surface area contributed by atoms with Gasteiger partial charge in [0.25, 0.3) is 0 Å². The van der Waals surface area contributed by atoms with Crippen LogP contribution in [0, 0.1) is 13.8 Å². The second-order valence-corrected chi connectivity index (χ2v) is 6.65. The van der Waals surface area contributed by atoms with Gasteiger partial charge in [0.15, 0.2) is 0 Å². The average Bonchev–Trinajstić information content (AvgIpc) is 2.75. The monoisotopic (exact) mass is 342 g/mol. The Balaban J connectivity index is 1.62. The lowest BCUT2D eigenvalue weighted by Crippen LogP contribution is -2.46. The molecule has 2 amide bonds. The molecule has 1 atom stereocenters. The first-order chi connectivity index (χ1) is 12.0. The molecular weight excluding hydrogens is 316 g/mol. The van der Waals surface area contributed by atoms with Gasteiger partial charge in [-0.1, -0.05) is 18.2 Å². The average molecular weight is 342 g/mol. The number of rotatable bonds is 3. The molecule has 0 spiro atoms. The summed E-state index contributed by atoms with van der Waals surface area (Å²) in [4.78, 5) is 14.5. The predicted octanol–water partition coefficient (Wildman–Crippen LogP) is 2.57. The summed E-state index contributed by atoms with van der Waals surface area (Å²) in [5.74, 6) is 0.867. The Morgan fingerprint density at radius 3 is 2.84 bits per heavy atom. The highest BCUT2D eigenvalue weighted by atomic mass is 16.5. The number of hydrogen-bond donors (Lipinski definition) is 1. The summed E-state index contributed by atoms with van der Waals surface area (Å²) in [5.41, 5.74) is 4.43. The van der Waals surface area contributed by atoms with Crippen LogP contribution >= 0.6 is 0 Å². The normalized spacial score (nSPS) is 16.8. The van der Waals surface area contributed by atoms with Crippen molar-refractivity contribution in [2.75, 3.05) is 13.2 Å². The summed E-state index contributed by atoms with van der Waals surface area (Å²) in [6.45, 7) is 7.75. The fourth-order valence-corrected chi connectivity index (χ4v) is 3.26. The molecule has 0 radical (unpaired) electrons. The highest BCUT2D eigenvalue weighted by Crippen LogP contribution is 2.24. The number of nitrogens with zero attached hydrogens (tertiary/aromatic N) is 3. The largest absolute Gasteiger partial charge is 0.491 e. The smallest absolute Gasteiger partial charge is 0.318 e. The Labute approximate surface area is 148 Å². The van der Waals surface area contributed by atoms with Crippen LogP contribution in [0.25, 0.3) is 0 Å². The first-order valence-electron chi connectivity index (χ1n) is 8.71. The number of urea groups is 1. The standard InChI is InChI=1S/C19H26N4O2/c1-13-12-25-18-8-6-5-7-16(18)11-23(13)19(24)20-10-9-17-14(2)21-22(4)15(17)3/h5-8,13H,9-12H2,1-4H3,(H,20,24)/t13-/m0/s1. The molecule has 1 aromatic heterocycles. The molecule has 1 aliphatic heterocycles. The van der Waals surface area contributed by atoms with Crippen molar-refractivity contribution in [3.05, 3.63) is 46.8 Å². The maximum atomic E-state index is 12.7. The van der Waals surface area contributed by atoms with Crippen LogP contribution in [0.4, 0.5) is 4.79 Å². The van der Waals surface area contributed by atoms with Crippen molar-refractivity contribution in [3.63, 3.8) is 0 Å². The molecule has 0 bridgehead atoms. The van der Waals surface area contributed by atoms with Gasteiger partial charge >= 0.3 is 6.03 Å². The summed E-state index contributed by atoms with van der Waals surface area (Å²) in [5, 5.41) is 7.47. The zero-order valence-corrected chi connectivity index (χ0v) is 15.4. The highest BCUT2D eigenvalue weighted by molar-refractivity contribution is 5.74. The maximum absolute atomic E-state index is 12.7. The lowest BCUT2D eigenvalue weighted by Gasteiger charge is -2.26. The van der Waals surface area contributed by atoms with E-state index in [9.17, 15) is 4.79 Å². The van der Waals surface area contributed by atoms with Crippen molar-refractivity contribution in [2.24, 2.45) is 7.05 Å². The zero-order chi connectivity index (χ0) is 18.0. The van der Waals surface area contributed by atoms with Crippen LogP contribution in [0.2, 0.25) is 0 Å². The number of benzene rings is 1. The Kier molecular flexibility index (Phi) is 4.97. The van der Waals surface area contributed by atoms with Crippen molar-refractivity contribution >= 4 is 6.03 Å². The second kappa shape index (κ2) is 7.17. The van der Waals surface area contributed by atoms with E-state index in [4.69, 9.17) is 4.74 Å². The summed E-state index contributed by atoms with van der Waals surface area (Å²) in [6, 6.07) is 7.87. The Morgan fingerprint density at radius 1 is 1.36 bits per heavy atom. The maximum Gasteiger partial charge on any atom is 0.318 e. The minimum absolute atomic E-state index is 0.0225. The van der Waals surface area contributed by atoms with Gasteiger partial charge in [-0.2, -0.15) is 5.10 Å². The number of aromatic nitrogens is 2. The fourth-order valence-electron chi connectivity index (χ4n) is 3.26. The number of aryl methyl sites for hydroxylation is 2. The second-order valence-electron chi connectivity index (χ2n) is 6.65. The van der Waals surface area contributed by atoms with Crippen LogP contribution in [0.1, 0.15) is 29.4 Å². The van der Waals surface area contributed by atoms with Gasteiger partial charge in [0.1, 0.15) is 12.4 Å². The predicted molar refractivity (Wildman–Crippen MR) is 96.7 cm³/mol. The SMILES string of the molecule is Cc1nn(C)c(C)c1CCNC(=O)N1Cc2ccccc2OC[C@@H]1C. The van der Waals surface area contributed by atoms with E-state index in [0.717, 1.165) is 29.1 Å². The Morgan fingerprint density at radius 2 is 2.12 bits per heavy atom. The van der Waals surface area contributed by atoms with Gasteiger partial charge in [-0.15, -0.1) is 0 Å². The van der Waals surface area contributed by atoms with Gasteiger partial charge in [-0.25, -0.2) is 4.79 Å². The van der Waals surface area contributed by atoms with Gasteiger partial charge in [0.2, 0.25) is 0 Å². The van der Waals surface area contributed by atoms with Crippen molar-refractivity contribution in [3.8, 4) is 5.75 Å². The number of para-hydroxylation sites is 1. The number of carbonyl (C=O) groups is 1. The molecule has 2 heterocycles. The van der Waals surface area contributed by atoms with Crippen LogP contribution in [-0.2, 0) is 20.0 Å². The van der Waals surface area contributed by atoms with E-state index in [0.29, 0.717) is 19.7 Å². The highest BCUT2D eigenvalue weighted by Gasteiger charge is 2.25. The molecule has 0 saturated heterocycles. The number of nitrogens with one attached hydrogen (secondary N) is 1. The number of amides is 2. The van der Waals surface area contributed by atoms with Gasteiger partial charge in [-0.3, -0.25) is 4.68 Å². The molecular formula is C19H26N4O2. The van der Waals surface area contributed by atoms with Gasteiger partial charge < -0.3 is 15.0 Å². The fraction of sp³-hybridized carbons (Fsp3) is 0.474. The molecule has 1 aliphatic rings. The Bertz CT molecular complexity index is 769. The molecule has 1 aromatic carbocycles. The summed E-state index contributed by atoms with van der Waals surface area (Å²) in [7, 11) is 1.95. The summed E-state index contributed by atoms with van der Waals surface area (Å²) >= 11 is 0. The lowest BCUT2D eigenvalue weighted by molar-refractivity contribution is 0.157. The van der Waals surface area contributed by atoms with Crippen molar-refractivity contribution in [2.45, 2.75) is 39.8 Å². The molecule has 0 fully saturated rings. The van der Waals surface area contributed by atoms with Crippen molar-refractivity contribution in [1.29, 1.82) is 0 Å². The number of fused-ring (bicyclic) bond motifs is 1. The molecule has 3 rings (SSSR count). The van der Waals surface area contributed by atoms with Crippen LogP contribution in [-0.4, -0.2) is 39.9 Å². The van der Waals surface area contributed by atoms with E-state index >= 15 is 0 Å². The van der Waals surface area contributed by atoms with E-state index in [1.165, 1.54) is 5.56 Å². The third-order valence-corrected chi connectivity index (χ3v) is 4.90. The van der Waals surface area contributed by atoms with Gasteiger partial charge in [0.05, 0.1) is 18.3 Å². The van der Waals surface area contributed by atoms with Crippen LogP contribution in [0.5, 0.6) is 5.75 Å². The topological polar surface area (TPSA) is 59.4 Å². The molecule has 0 unspecified atom stereocenters. The molecule has 0 aliphatic carbocycles. The van der Waals surface area contributed by atoms with E-state index in [1.54, 1.807) is 0 Å². The quantitative estimate of drug-likeness (QED) is 0.933. The molecule has 6 nitrogen and oxygen atoms in total. The van der Waals surface area contributed by atoms with E-state index < -0.39 is 0 Å². The van der Waals surface area contributed by atoms with Crippen LogP contribution in [0.3, 0.4) is 0 Å². The molecule has 25 heavy (non-hydrogen) atoms. The molecule has 2 aromatic rings. The minimum Gasteiger partial charge on any atom is -0.491 e. The van der Waals surface area contributed by atoms with Gasteiger partial charge in [-0.05, 0) is 38.8 Å².